The summed E-state index contributed by atoms with van der Waals surface area (Å²) in [5.74, 6) is 1.21. The Morgan fingerprint density at radius 1 is 1.32 bits per heavy atom. The van der Waals surface area contributed by atoms with E-state index in [2.05, 4.69) is 21.7 Å². The highest BCUT2D eigenvalue weighted by Gasteiger charge is 2.23. The van der Waals surface area contributed by atoms with E-state index in [1.165, 1.54) is 0 Å². The van der Waals surface area contributed by atoms with Gasteiger partial charge in [-0.15, -0.1) is 0 Å². The van der Waals surface area contributed by atoms with E-state index in [0.717, 1.165) is 47.6 Å². The topological polar surface area (TPSA) is 81.1 Å². The van der Waals surface area contributed by atoms with Crippen LogP contribution in [-0.2, 0) is 17.8 Å². The maximum absolute atomic E-state index is 12.2. The monoisotopic (exact) mass is 379 g/mol. The minimum atomic E-state index is -0.00481. The van der Waals surface area contributed by atoms with Gasteiger partial charge in [0.05, 0.1) is 25.8 Å². The van der Waals surface area contributed by atoms with Gasteiger partial charge < -0.3 is 15.4 Å². The normalized spacial score (nSPS) is 16.4. The number of aromatic nitrogens is 3. The number of carbonyl (C=O) groups excluding carboxylic acids is 1. The number of amides is 1. The second-order valence-electron chi connectivity index (χ2n) is 7.05. The van der Waals surface area contributed by atoms with Crippen LogP contribution in [0.5, 0.6) is 5.75 Å². The fraction of sp³-hybridized carbons (Fsp3) is 0.381. The molecule has 1 aliphatic heterocycles. The van der Waals surface area contributed by atoms with E-state index < -0.39 is 0 Å². The number of benzene rings is 1. The van der Waals surface area contributed by atoms with Crippen LogP contribution in [0.25, 0.3) is 11.0 Å². The lowest BCUT2D eigenvalue weighted by Gasteiger charge is -2.07. The first kappa shape index (κ1) is 18.4. The zero-order valence-corrected chi connectivity index (χ0v) is 16.0. The Balaban J connectivity index is 1.38. The van der Waals surface area contributed by atoms with Crippen LogP contribution in [0.15, 0.2) is 42.6 Å². The maximum atomic E-state index is 12.2. The molecule has 7 heteroatoms. The Hall–Kier alpha value is -2.93. The Labute approximate surface area is 164 Å². The van der Waals surface area contributed by atoms with Crippen molar-refractivity contribution < 1.29 is 9.53 Å². The lowest BCUT2D eigenvalue weighted by atomic mass is 10.0. The summed E-state index contributed by atoms with van der Waals surface area (Å²) >= 11 is 0. The molecular formula is C21H25N5O2. The van der Waals surface area contributed by atoms with Gasteiger partial charge in [-0.05, 0) is 42.8 Å². The summed E-state index contributed by atoms with van der Waals surface area (Å²) in [5.41, 5.74) is 2.95. The number of pyridine rings is 1. The lowest BCUT2D eigenvalue weighted by Crippen LogP contribution is -2.29. The molecule has 3 heterocycles. The number of methoxy groups -OCH3 is 1. The fourth-order valence-corrected chi connectivity index (χ4v) is 3.67. The summed E-state index contributed by atoms with van der Waals surface area (Å²) in [6.45, 7) is 3.10. The van der Waals surface area contributed by atoms with Crippen LogP contribution in [0.3, 0.4) is 0 Å². The molecule has 1 fully saturated rings. The largest absolute Gasteiger partial charge is 0.497 e. The average molecular weight is 379 g/mol. The predicted octanol–water partition coefficient (Wildman–Crippen LogP) is 1.88. The molecule has 28 heavy (non-hydrogen) atoms. The summed E-state index contributed by atoms with van der Waals surface area (Å²) in [4.78, 5) is 16.7. The summed E-state index contributed by atoms with van der Waals surface area (Å²) in [6, 6.07) is 11.6. The minimum Gasteiger partial charge on any atom is -0.497 e. The average Bonchev–Trinajstić information content (AvgIpc) is 3.37. The highest BCUT2D eigenvalue weighted by atomic mass is 16.5. The highest BCUT2D eigenvalue weighted by Crippen LogP contribution is 2.27. The van der Waals surface area contributed by atoms with Gasteiger partial charge >= 0.3 is 0 Å². The summed E-state index contributed by atoms with van der Waals surface area (Å²) < 4.78 is 7.06. The SMILES string of the molecule is COc1ccc(CC(=O)NCCn2nc([C@@H]3CCNC3)c3cccnc32)cc1. The molecule has 0 bridgehead atoms. The Morgan fingerprint density at radius 2 is 2.18 bits per heavy atom. The molecule has 2 N–H and O–H groups in total. The van der Waals surface area contributed by atoms with Crippen LogP contribution < -0.4 is 15.4 Å². The number of carbonyl (C=O) groups is 1. The molecule has 0 radical (unpaired) electrons. The van der Waals surface area contributed by atoms with Crippen molar-refractivity contribution in [1.29, 1.82) is 0 Å². The molecule has 1 amide bonds. The van der Waals surface area contributed by atoms with Gasteiger partial charge in [0.2, 0.25) is 5.91 Å². The molecule has 1 saturated heterocycles. The number of hydrogen-bond donors (Lipinski definition) is 2. The third kappa shape index (κ3) is 3.99. The van der Waals surface area contributed by atoms with E-state index in [1.807, 2.05) is 35.0 Å². The third-order valence-corrected chi connectivity index (χ3v) is 5.15. The second kappa shape index (κ2) is 8.39. The van der Waals surface area contributed by atoms with Crippen molar-refractivity contribution >= 4 is 16.9 Å². The third-order valence-electron chi connectivity index (χ3n) is 5.15. The molecular weight excluding hydrogens is 354 g/mol. The molecule has 0 saturated carbocycles. The van der Waals surface area contributed by atoms with Crippen molar-refractivity contribution in [1.82, 2.24) is 25.4 Å². The van der Waals surface area contributed by atoms with Crippen LogP contribution in [0.4, 0.5) is 0 Å². The highest BCUT2D eigenvalue weighted by molar-refractivity contribution is 5.79. The van der Waals surface area contributed by atoms with E-state index in [-0.39, 0.29) is 5.91 Å². The zero-order valence-electron chi connectivity index (χ0n) is 16.0. The van der Waals surface area contributed by atoms with Crippen LogP contribution in [-0.4, -0.2) is 47.4 Å². The smallest absolute Gasteiger partial charge is 0.224 e. The number of rotatable bonds is 7. The van der Waals surface area contributed by atoms with Crippen molar-refractivity contribution in [3.05, 3.63) is 53.9 Å². The minimum absolute atomic E-state index is 0.00481. The van der Waals surface area contributed by atoms with Crippen LogP contribution >= 0.6 is 0 Å². The molecule has 1 atom stereocenters. The number of nitrogens with one attached hydrogen (secondary N) is 2. The van der Waals surface area contributed by atoms with Crippen LogP contribution in [0.1, 0.15) is 23.6 Å². The summed E-state index contributed by atoms with van der Waals surface area (Å²) in [6.07, 6.45) is 3.24. The standard InChI is InChI=1S/C21H25N5O2/c1-28-17-6-4-15(5-7-17)13-19(27)23-11-12-26-21-18(3-2-9-24-21)20(25-26)16-8-10-22-14-16/h2-7,9,16,22H,8,10-14H2,1H3,(H,23,27)/t16-/m1/s1. The first-order valence-corrected chi connectivity index (χ1v) is 9.66. The Bertz CT molecular complexity index is 945. The Morgan fingerprint density at radius 3 is 2.93 bits per heavy atom. The van der Waals surface area contributed by atoms with Crippen LogP contribution in [0, 0.1) is 0 Å². The Kier molecular flexibility index (Phi) is 5.53. The maximum Gasteiger partial charge on any atom is 0.224 e. The molecule has 2 aromatic heterocycles. The fourth-order valence-electron chi connectivity index (χ4n) is 3.67. The van der Waals surface area contributed by atoms with Crippen molar-refractivity contribution in [2.45, 2.75) is 25.3 Å². The number of nitrogens with zero attached hydrogens (tertiary/aromatic N) is 3. The predicted molar refractivity (Wildman–Crippen MR) is 107 cm³/mol. The molecule has 3 aromatic rings. The van der Waals surface area contributed by atoms with E-state index in [0.29, 0.717) is 25.4 Å². The molecule has 4 rings (SSSR count). The van der Waals surface area contributed by atoms with E-state index in [4.69, 9.17) is 9.84 Å². The van der Waals surface area contributed by atoms with E-state index in [9.17, 15) is 4.79 Å². The first-order chi connectivity index (χ1) is 13.7. The number of fused-ring (bicyclic) bond motifs is 1. The molecule has 0 unspecified atom stereocenters. The van der Waals surface area contributed by atoms with Gasteiger partial charge in [0, 0.05) is 30.6 Å². The van der Waals surface area contributed by atoms with Crippen molar-refractivity contribution in [2.75, 3.05) is 26.7 Å². The summed E-state index contributed by atoms with van der Waals surface area (Å²) in [5, 5.41) is 12.3. The van der Waals surface area contributed by atoms with Crippen LogP contribution in [0.2, 0.25) is 0 Å². The van der Waals surface area contributed by atoms with Gasteiger partial charge in [0.15, 0.2) is 5.65 Å². The molecule has 0 spiro atoms. The van der Waals surface area contributed by atoms with Crippen molar-refractivity contribution in [3.8, 4) is 5.75 Å². The van der Waals surface area contributed by atoms with Gasteiger partial charge in [-0.2, -0.15) is 5.10 Å². The van der Waals surface area contributed by atoms with Gasteiger partial charge in [-0.1, -0.05) is 12.1 Å². The van der Waals surface area contributed by atoms with Gasteiger partial charge in [0.1, 0.15) is 5.75 Å². The quantitative estimate of drug-likeness (QED) is 0.655. The molecule has 7 nitrogen and oxygen atoms in total. The number of hydrogen-bond acceptors (Lipinski definition) is 5. The van der Waals surface area contributed by atoms with Crippen molar-refractivity contribution in [3.63, 3.8) is 0 Å². The second-order valence-corrected chi connectivity index (χ2v) is 7.05. The molecule has 1 aromatic carbocycles. The first-order valence-electron chi connectivity index (χ1n) is 9.66. The number of ether oxygens (including phenoxy) is 1. The van der Waals surface area contributed by atoms with E-state index >= 15 is 0 Å². The lowest BCUT2D eigenvalue weighted by molar-refractivity contribution is -0.120. The summed E-state index contributed by atoms with van der Waals surface area (Å²) in [7, 11) is 1.63. The van der Waals surface area contributed by atoms with E-state index in [1.54, 1.807) is 13.3 Å². The molecule has 146 valence electrons. The zero-order chi connectivity index (χ0) is 19.3. The van der Waals surface area contributed by atoms with Crippen molar-refractivity contribution in [2.24, 2.45) is 0 Å². The van der Waals surface area contributed by atoms with Gasteiger partial charge in [-0.25, -0.2) is 9.67 Å². The molecule has 0 aliphatic carbocycles. The van der Waals surface area contributed by atoms with Gasteiger partial charge in [-0.3, -0.25) is 4.79 Å². The molecule has 1 aliphatic rings. The van der Waals surface area contributed by atoms with Gasteiger partial charge in [0.25, 0.3) is 0 Å².